The molecule has 0 atom stereocenters. The van der Waals surface area contributed by atoms with Crippen LogP contribution in [0.1, 0.15) is 16.2 Å². The summed E-state index contributed by atoms with van der Waals surface area (Å²) in [5, 5.41) is 2.90. The van der Waals surface area contributed by atoms with Crippen molar-refractivity contribution in [1.82, 2.24) is 29.8 Å². The number of aromatic amines is 2. The molecule has 3 aromatic heterocycles. The van der Waals surface area contributed by atoms with Crippen molar-refractivity contribution in [2.75, 3.05) is 0 Å². The average molecular weight is 398 g/mol. The highest BCUT2D eigenvalue weighted by Crippen LogP contribution is 2.22. The Kier molecular flexibility index (Phi) is 4.17. The highest BCUT2D eigenvalue weighted by molar-refractivity contribution is 5.95. The van der Waals surface area contributed by atoms with E-state index in [-0.39, 0.29) is 11.6 Å². The maximum absolute atomic E-state index is 12.7. The van der Waals surface area contributed by atoms with Crippen LogP contribution in [-0.4, -0.2) is 30.4 Å². The van der Waals surface area contributed by atoms with Crippen LogP contribution in [0.15, 0.2) is 65.6 Å². The first-order chi connectivity index (χ1) is 14.6. The van der Waals surface area contributed by atoms with Crippen LogP contribution in [0.4, 0.5) is 0 Å². The van der Waals surface area contributed by atoms with Gasteiger partial charge in [-0.15, -0.1) is 0 Å². The van der Waals surface area contributed by atoms with Gasteiger partial charge in [-0.05, 0) is 35.9 Å². The van der Waals surface area contributed by atoms with Gasteiger partial charge < -0.3 is 10.3 Å². The summed E-state index contributed by atoms with van der Waals surface area (Å²) in [6, 6.07) is 16.9. The van der Waals surface area contributed by atoms with Gasteiger partial charge in [0, 0.05) is 24.4 Å². The molecule has 1 amide bonds. The third kappa shape index (κ3) is 3.14. The lowest BCUT2D eigenvalue weighted by molar-refractivity contribution is 0.0950. The van der Waals surface area contributed by atoms with Crippen molar-refractivity contribution in [3.8, 4) is 11.1 Å². The van der Waals surface area contributed by atoms with E-state index in [1.807, 2.05) is 48.5 Å². The summed E-state index contributed by atoms with van der Waals surface area (Å²) in [5.41, 5.74) is 5.03. The van der Waals surface area contributed by atoms with Crippen molar-refractivity contribution in [3.63, 3.8) is 0 Å². The van der Waals surface area contributed by atoms with Crippen molar-refractivity contribution in [2.45, 2.75) is 6.54 Å². The van der Waals surface area contributed by atoms with Crippen molar-refractivity contribution in [1.29, 1.82) is 0 Å². The highest BCUT2D eigenvalue weighted by Gasteiger charge is 2.11. The molecule has 5 rings (SSSR count). The van der Waals surface area contributed by atoms with Crippen molar-refractivity contribution >= 4 is 28.1 Å². The van der Waals surface area contributed by atoms with Crippen LogP contribution < -0.4 is 11.0 Å². The Morgan fingerprint density at radius 3 is 2.80 bits per heavy atom. The zero-order chi connectivity index (χ0) is 20.7. The van der Waals surface area contributed by atoms with E-state index in [0.29, 0.717) is 29.1 Å². The molecular weight excluding hydrogens is 380 g/mol. The molecule has 3 N–H and O–H groups in total. The predicted molar refractivity (Wildman–Crippen MR) is 114 cm³/mol. The Labute approximate surface area is 170 Å². The topological polar surface area (TPSA) is 108 Å². The predicted octanol–water partition coefficient (Wildman–Crippen LogP) is 2.73. The summed E-state index contributed by atoms with van der Waals surface area (Å²) in [4.78, 5) is 39.1. The van der Waals surface area contributed by atoms with Crippen LogP contribution in [0.3, 0.4) is 0 Å². The Hall–Kier alpha value is -4.20. The first-order valence-electron chi connectivity index (χ1n) is 9.45. The van der Waals surface area contributed by atoms with Gasteiger partial charge in [-0.25, -0.2) is 14.8 Å². The Morgan fingerprint density at radius 1 is 1.07 bits per heavy atom. The van der Waals surface area contributed by atoms with E-state index in [2.05, 4.69) is 25.3 Å². The first-order valence-corrected chi connectivity index (χ1v) is 9.45. The third-order valence-electron chi connectivity index (χ3n) is 5.07. The van der Waals surface area contributed by atoms with E-state index in [4.69, 9.17) is 0 Å². The van der Waals surface area contributed by atoms with Crippen LogP contribution in [0.2, 0.25) is 0 Å². The van der Waals surface area contributed by atoms with Gasteiger partial charge in [0.05, 0.1) is 23.1 Å². The van der Waals surface area contributed by atoms with Crippen molar-refractivity contribution in [2.24, 2.45) is 7.05 Å². The first kappa shape index (κ1) is 17.9. The van der Waals surface area contributed by atoms with Gasteiger partial charge in [0.25, 0.3) is 5.91 Å². The van der Waals surface area contributed by atoms with Crippen molar-refractivity contribution < 1.29 is 4.79 Å². The van der Waals surface area contributed by atoms with E-state index in [1.54, 1.807) is 19.3 Å². The lowest BCUT2D eigenvalue weighted by Crippen LogP contribution is -2.23. The summed E-state index contributed by atoms with van der Waals surface area (Å²) in [7, 11) is 1.69. The number of pyridine rings is 1. The molecule has 148 valence electrons. The van der Waals surface area contributed by atoms with E-state index in [0.717, 1.165) is 22.2 Å². The van der Waals surface area contributed by atoms with Crippen molar-refractivity contribution in [3.05, 3.63) is 82.7 Å². The highest BCUT2D eigenvalue weighted by atomic mass is 16.2. The Balaban J connectivity index is 1.38. The number of amides is 1. The zero-order valence-corrected chi connectivity index (χ0v) is 16.1. The van der Waals surface area contributed by atoms with Gasteiger partial charge in [0.15, 0.2) is 5.65 Å². The van der Waals surface area contributed by atoms with Gasteiger partial charge in [-0.1, -0.05) is 24.3 Å². The summed E-state index contributed by atoms with van der Waals surface area (Å²) < 4.78 is 1.51. The maximum atomic E-state index is 12.7. The van der Waals surface area contributed by atoms with Gasteiger partial charge >= 0.3 is 5.69 Å². The van der Waals surface area contributed by atoms with E-state index >= 15 is 0 Å². The molecule has 5 aromatic rings. The van der Waals surface area contributed by atoms with E-state index in [9.17, 15) is 9.59 Å². The third-order valence-corrected chi connectivity index (χ3v) is 5.07. The molecule has 0 aliphatic heterocycles. The molecule has 8 heteroatoms. The second-order valence-electron chi connectivity index (χ2n) is 7.05. The Morgan fingerprint density at radius 2 is 1.93 bits per heavy atom. The number of aromatic nitrogens is 5. The van der Waals surface area contributed by atoms with Gasteiger partial charge in [-0.2, -0.15) is 0 Å². The van der Waals surface area contributed by atoms with Crippen LogP contribution >= 0.6 is 0 Å². The number of imidazole rings is 2. The zero-order valence-electron chi connectivity index (χ0n) is 16.1. The number of hydrogen-bond acceptors (Lipinski definition) is 4. The molecule has 0 aliphatic rings. The fourth-order valence-corrected chi connectivity index (χ4v) is 3.45. The smallest absolute Gasteiger partial charge is 0.327 e. The number of hydrogen-bond donors (Lipinski definition) is 3. The van der Waals surface area contributed by atoms with Crippen LogP contribution in [0.25, 0.3) is 33.3 Å². The SMILES string of the molecule is Cn1c(=O)[nH]c2ncc(-c3cccc(C(=O)NCc4nc5ccccc5[nH]4)c3)cc21. The lowest BCUT2D eigenvalue weighted by Gasteiger charge is -2.07. The second kappa shape index (κ2) is 7.00. The monoisotopic (exact) mass is 398 g/mol. The number of carbonyl (C=O) groups is 1. The van der Waals surface area contributed by atoms with Crippen LogP contribution in [0.5, 0.6) is 0 Å². The van der Waals surface area contributed by atoms with Gasteiger partial charge in [0.2, 0.25) is 0 Å². The minimum absolute atomic E-state index is 0.194. The van der Waals surface area contributed by atoms with Gasteiger partial charge in [-0.3, -0.25) is 14.3 Å². The van der Waals surface area contributed by atoms with Crippen LogP contribution in [0, 0.1) is 0 Å². The molecule has 0 bridgehead atoms. The molecule has 0 saturated carbocycles. The molecule has 0 saturated heterocycles. The normalized spacial score (nSPS) is 11.2. The summed E-state index contributed by atoms with van der Waals surface area (Å²) in [6.45, 7) is 0.302. The number of nitrogens with one attached hydrogen (secondary N) is 3. The quantitative estimate of drug-likeness (QED) is 0.432. The number of aryl methyl sites for hydroxylation is 1. The molecule has 2 aromatic carbocycles. The second-order valence-corrected chi connectivity index (χ2v) is 7.05. The number of rotatable bonds is 4. The minimum atomic E-state index is -0.214. The fourth-order valence-electron chi connectivity index (χ4n) is 3.45. The fraction of sp³-hybridized carbons (Fsp3) is 0.0909. The number of fused-ring (bicyclic) bond motifs is 2. The largest absolute Gasteiger partial charge is 0.345 e. The molecule has 0 unspecified atom stereocenters. The summed E-state index contributed by atoms with van der Waals surface area (Å²) >= 11 is 0. The summed E-state index contributed by atoms with van der Waals surface area (Å²) in [6.07, 6.45) is 1.68. The van der Waals surface area contributed by atoms with E-state index in [1.165, 1.54) is 4.57 Å². The molecule has 30 heavy (non-hydrogen) atoms. The number of benzene rings is 2. The minimum Gasteiger partial charge on any atom is -0.345 e. The molecule has 0 aliphatic carbocycles. The standard InChI is InChI=1S/C22H18N6O2/c1-28-18-10-15(11-23-20(18)27-22(28)30)13-5-4-6-14(9-13)21(29)24-12-19-25-16-7-2-3-8-17(16)26-19/h2-11H,12H2,1H3,(H,24,29)(H,25,26)(H,23,27,30). The summed E-state index contributed by atoms with van der Waals surface area (Å²) in [5.74, 6) is 0.504. The lowest BCUT2D eigenvalue weighted by atomic mass is 10.0. The average Bonchev–Trinajstić information content (AvgIpc) is 3.32. The number of nitrogens with zero attached hydrogens (tertiary/aromatic N) is 3. The molecular formula is C22H18N6O2. The van der Waals surface area contributed by atoms with Gasteiger partial charge in [0.1, 0.15) is 5.82 Å². The maximum Gasteiger partial charge on any atom is 0.327 e. The number of carbonyl (C=O) groups excluding carboxylic acids is 1. The van der Waals surface area contributed by atoms with E-state index < -0.39 is 0 Å². The molecule has 0 radical (unpaired) electrons. The molecule has 8 nitrogen and oxygen atoms in total. The molecule has 3 heterocycles. The Bertz CT molecular complexity index is 1430. The molecule has 0 fully saturated rings. The number of H-pyrrole nitrogens is 2. The molecule has 0 spiro atoms. The number of para-hydroxylation sites is 2. The van der Waals surface area contributed by atoms with Crippen LogP contribution in [-0.2, 0) is 13.6 Å².